The molecule has 2 aliphatic rings. The van der Waals surface area contributed by atoms with Crippen molar-refractivity contribution in [2.75, 3.05) is 6.54 Å². The Kier molecular flexibility index (Phi) is 6.58. The van der Waals surface area contributed by atoms with Crippen LogP contribution in [-0.2, 0) is 9.59 Å². The summed E-state index contributed by atoms with van der Waals surface area (Å²) in [6.07, 6.45) is 6.50. The third kappa shape index (κ3) is 4.66. The van der Waals surface area contributed by atoms with Crippen LogP contribution in [0, 0.1) is 5.92 Å². The highest BCUT2D eigenvalue weighted by atomic mass is 35.5. The fourth-order valence-electron chi connectivity index (χ4n) is 3.06. The van der Waals surface area contributed by atoms with Gasteiger partial charge in [0, 0.05) is 18.5 Å². The van der Waals surface area contributed by atoms with Crippen LogP contribution in [-0.4, -0.2) is 30.4 Å². The Morgan fingerprint density at radius 3 is 2.53 bits per heavy atom. The largest absolute Gasteiger partial charge is 0.369 e. The van der Waals surface area contributed by atoms with Crippen LogP contribution >= 0.6 is 12.4 Å². The normalized spacial score (nSPS) is 30.4. The molecule has 0 aromatic rings. The lowest BCUT2D eigenvalue weighted by Crippen LogP contribution is -2.48. The van der Waals surface area contributed by atoms with Gasteiger partial charge in [0.25, 0.3) is 0 Å². The predicted molar refractivity (Wildman–Crippen MR) is 76.0 cm³/mol. The number of rotatable bonds is 4. The molecule has 1 aliphatic carbocycles. The molecule has 0 radical (unpaired) electrons. The molecule has 2 fully saturated rings. The molecule has 5 nitrogen and oxygen atoms in total. The van der Waals surface area contributed by atoms with Crippen molar-refractivity contribution in [3.63, 3.8) is 0 Å². The Balaban J connectivity index is 0.00000180. The second kappa shape index (κ2) is 7.70. The summed E-state index contributed by atoms with van der Waals surface area (Å²) >= 11 is 0. The van der Waals surface area contributed by atoms with E-state index < -0.39 is 0 Å². The van der Waals surface area contributed by atoms with Gasteiger partial charge in [0.15, 0.2) is 0 Å². The van der Waals surface area contributed by atoms with E-state index in [1.54, 1.807) is 0 Å². The summed E-state index contributed by atoms with van der Waals surface area (Å²) in [5.74, 6) is -0.411. The predicted octanol–water partition coefficient (Wildman–Crippen LogP) is 0.711. The molecule has 110 valence electrons. The molecule has 2 rings (SSSR count). The summed E-state index contributed by atoms with van der Waals surface area (Å²) < 4.78 is 0. The number of primary amides is 1. The minimum absolute atomic E-state index is 0. The zero-order valence-corrected chi connectivity index (χ0v) is 12.0. The fourth-order valence-corrected chi connectivity index (χ4v) is 3.06. The van der Waals surface area contributed by atoms with Gasteiger partial charge < -0.3 is 16.4 Å². The van der Waals surface area contributed by atoms with E-state index in [0.29, 0.717) is 12.5 Å². The smallest absolute Gasteiger partial charge is 0.222 e. The number of hydrogen-bond acceptors (Lipinski definition) is 3. The first-order valence-corrected chi connectivity index (χ1v) is 6.99. The second-order valence-corrected chi connectivity index (χ2v) is 5.46. The molecule has 0 bridgehead atoms. The van der Waals surface area contributed by atoms with E-state index in [0.717, 1.165) is 45.1 Å². The summed E-state index contributed by atoms with van der Waals surface area (Å²) in [5, 5.41) is 6.30. The fraction of sp³-hybridized carbons (Fsp3) is 0.846. The lowest BCUT2D eigenvalue weighted by Gasteiger charge is -2.30. The summed E-state index contributed by atoms with van der Waals surface area (Å²) in [4.78, 5) is 23.3. The minimum Gasteiger partial charge on any atom is -0.369 e. The van der Waals surface area contributed by atoms with Crippen LogP contribution in [0.5, 0.6) is 0 Å². The van der Waals surface area contributed by atoms with Gasteiger partial charge in [-0.3, -0.25) is 9.59 Å². The van der Waals surface area contributed by atoms with Crippen LogP contribution in [0.4, 0.5) is 0 Å². The monoisotopic (exact) mass is 289 g/mol. The first kappa shape index (κ1) is 16.2. The van der Waals surface area contributed by atoms with Crippen molar-refractivity contribution in [1.82, 2.24) is 10.6 Å². The van der Waals surface area contributed by atoms with Gasteiger partial charge in [0.2, 0.25) is 11.8 Å². The number of nitrogens with one attached hydrogen (secondary N) is 2. The molecule has 0 spiro atoms. The van der Waals surface area contributed by atoms with Crippen molar-refractivity contribution in [1.29, 1.82) is 0 Å². The Morgan fingerprint density at radius 2 is 1.89 bits per heavy atom. The van der Waals surface area contributed by atoms with Crippen LogP contribution in [0.3, 0.4) is 0 Å². The molecule has 1 saturated carbocycles. The molecule has 4 N–H and O–H groups in total. The lowest BCUT2D eigenvalue weighted by molar-refractivity contribution is -0.126. The molecular weight excluding hydrogens is 266 g/mol. The van der Waals surface area contributed by atoms with E-state index in [4.69, 9.17) is 5.73 Å². The second-order valence-electron chi connectivity index (χ2n) is 5.46. The van der Waals surface area contributed by atoms with Crippen LogP contribution in [0.2, 0.25) is 0 Å². The summed E-state index contributed by atoms with van der Waals surface area (Å²) in [5.41, 5.74) is 5.39. The zero-order valence-electron chi connectivity index (χ0n) is 11.2. The maximum Gasteiger partial charge on any atom is 0.222 e. The number of carbonyl (C=O) groups excluding carboxylic acids is 2. The maximum atomic E-state index is 11.9. The molecule has 3 unspecified atom stereocenters. The first-order chi connectivity index (χ1) is 8.66. The van der Waals surface area contributed by atoms with Gasteiger partial charge in [-0.15, -0.1) is 12.4 Å². The van der Waals surface area contributed by atoms with Gasteiger partial charge in [-0.2, -0.15) is 0 Å². The molecule has 19 heavy (non-hydrogen) atoms. The lowest BCUT2D eigenvalue weighted by atomic mass is 9.84. The average molecular weight is 290 g/mol. The van der Waals surface area contributed by atoms with E-state index in [1.807, 2.05) is 0 Å². The quantitative estimate of drug-likeness (QED) is 0.713. The van der Waals surface area contributed by atoms with Crippen molar-refractivity contribution in [3.8, 4) is 0 Å². The van der Waals surface area contributed by atoms with Crippen molar-refractivity contribution in [2.24, 2.45) is 11.7 Å². The summed E-state index contributed by atoms with van der Waals surface area (Å²) in [7, 11) is 0. The van der Waals surface area contributed by atoms with Crippen LogP contribution in [0.25, 0.3) is 0 Å². The Morgan fingerprint density at radius 1 is 1.16 bits per heavy atom. The average Bonchev–Trinajstić information content (AvgIpc) is 2.82. The Hall–Kier alpha value is -0.810. The van der Waals surface area contributed by atoms with E-state index >= 15 is 0 Å². The minimum atomic E-state index is -0.279. The van der Waals surface area contributed by atoms with Gasteiger partial charge in [-0.1, -0.05) is 12.8 Å². The number of amides is 2. The topological polar surface area (TPSA) is 84.2 Å². The SMILES string of the molecule is Cl.NC(=O)C1CCCCC1NC(=O)CC1CCCN1. The highest BCUT2D eigenvalue weighted by molar-refractivity contribution is 5.85. The number of carbonyl (C=O) groups is 2. The molecule has 0 aromatic heterocycles. The molecule has 1 aliphatic heterocycles. The van der Waals surface area contributed by atoms with E-state index in [-0.39, 0.29) is 36.2 Å². The van der Waals surface area contributed by atoms with Gasteiger partial charge >= 0.3 is 0 Å². The number of hydrogen-bond donors (Lipinski definition) is 3. The molecule has 1 heterocycles. The zero-order chi connectivity index (χ0) is 13.0. The van der Waals surface area contributed by atoms with Gasteiger partial charge in [-0.05, 0) is 32.2 Å². The number of nitrogens with two attached hydrogens (primary N) is 1. The highest BCUT2D eigenvalue weighted by Gasteiger charge is 2.31. The van der Waals surface area contributed by atoms with E-state index in [1.165, 1.54) is 0 Å². The molecule has 0 aromatic carbocycles. The number of halogens is 1. The highest BCUT2D eigenvalue weighted by Crippen LogP contribution is 2.24. The summed E-state index contributed by atoms with van der Waals surface area (Å²) in [6.45, 7) is 1.01. The van der Waals surface area contributed by atoms with E-state index in [9.17, 15) is 9.59 Å². The van der Waals surface area contributed by atoms with Gasteiger partial charge in [0.1, 0.15) is 0 Å². The van der Waals surface area contributed by atoms with Gasteiger partial charge in [0.05, 0.1) is 5.92 Å². The standard InChI is InChI=1S/C13H23N3O2.ClH/c14-13(18)10-5-1-2-6-11(10)16-12(17)8-9-4-3-7-15-9;/h9-11,15H,1-8H2,(H2,14,18)(H,16,17);1H. The molecule has 6 heteroatoms. The Labute approximate surface area is 120 Å². The van der Waals surface area contributed by atoms with Crippen molar-refractivity contribution >= 4 is 24.2 Å². The summed E-state index contributed by atoms with van der Waals surface area (Å²) in [6, 6.07) is 0.255. The molecular formula is C13H24ClN3O2. The Bertz CT molecular complexity index is 319. The van der Waals surface area contributed by atoms with Crippen LogP contribution in [0.15, 0.2) is 0 Å². The maximum absolute atomic E-state index is 11.9. The third-order valence-corrected chi connectivity index (χ3v) is 4.07. The molecule has 2 amide bonds. The molecule has 1 saturated heterocycles. The van der Waals surface area contributed by atoms with Crippen molar-refractivity contribution in [2.45, 2.75) is 57.0 Å². The van der Waals surface area contributed by atoms with Crippen molar-refractivity contribution < 1.29 is 9.59 Å². The van der Waals surface area contributed by atoms with Crippen LogP contribution in [0.1, 0.15) is 44.9 Å². The molecule has 3 atom stereocenters. The van der Waals surface area contributed by atoms with Crippen molar-refractivity contribution in [3.05, 3.63) is 0 Å². The third-order valence-electron chi connectivity index (χ3n) is 4.07. The van der Waals surface area contributed by atoms with E-state index in [2.05, 4.69) is 10.6 Å². The van der Waals surface area contributed by atoms with Crippen LogP contribution < -0.4 is 16.4 Å². The van der Waals surface area contributed by atoms with Gasteiger partial charge in [-0.25, -0.2) is 0 Å². The first-order valence-electron chi connectivity index (χ1n) is 6.99.